The van der Waals surface area contributed by atoms with Gasteiger partial charge in [0.25, 0.3) is 5.69 Å². The highest BCUT2D eigenvalue weighted by atomic mass is 32.2. The van der Waals surface area contributed by atoms with Gasteiger partial charge >= 0.3 is 0 Å². The highest BCUT2D eigenvalue weighted by molar-refractivity contribution is 7.89. The zero-order chi connectivity index (χ0) is 16.0. The summed E-state index contributed by atoms with van der Waals surface area (Å²) in [5.74, 6) is -1.15. The minimum atomic E-state index is -4.03. The summed E-state index contributed by atoms with van der Waals surface area (Å²) in [6.45, 7) is 0.214. The zero-order valence-electron chi connectivity index (χ0n) is 11.5. The molecular weight excluding hydrogens is 303 g/mol. The highest BCUT2D eigenvalue weighted by Gasteiger charge is 2.25. The molecule has 0 aromatic heterocycles. The molecule has 1 N–H and O–H groups in total. The highest BCUT2D eigenvalue weighted by Crippen LogP contribution is 2.23. The number of rotatable bonds is 8. The molecule has 0 atom stereocenters. The molecule has 0 aliphatic carbocycles. The number of nitro benzene ring substituents is 1. The molecule has 1 aromatic rings. The Morgan fingerprint density at radius 1 is 1.33 bits per heavy atom. The van der Waals surface area contributed by atoms with Gasteiger partial charge in [-0.15, -0.1) is 0 Å². The molecule has 7 nitrogen and oxygen atoms in total. The molecule has 0 amide bonds. The molecule has 118 valence electrons. The number of non-ortho nitro benzene ring substituents is 1. The number of sulfonamides is 1. The van der Waals surface area contributed by atoms with E-state index in [2.05, 4.69) is 0 Å². The van der Waals surface area contributed by atoms with Gasteiger partial charge in [-0.25, -0.2) is 17.1 Å². The first-order valence-electron chi connectivity index (χ1n) is 6.32. The molecule has 0 unspecified atom stereocenters. The van der Waals surface area contributed by atoms with Gasteiger partial charge in [0.1, 0.15) is 10.7 Å². The van der Waals surface area contributed by atoms with E-state index in [-0.39, 0.29) is 13.2 Å². The standard InChI is InChI=1S/C12H17FN2O5S/c1-14(7-3-2-4-8-16)21(19,20)12-6-5-10(15(17)18)9-11(12)13/h5-6,9,16H,2-4,7-8H2,1H3. The van der Waals surface area contributed by atoms with Crippen LogP contribution in [-0.4, -0.2) is 43.0 Å². The lowest BCUT2D eigenvalue weighted by Gasteiger charge is -2.17. The van der Waals surface area contributed by atoms with Crippen molar-refractivity contribution in [3.63, 3.8) is 0 Å². The molecule has 0 radical (unpaired) electrons. The van der Waals surface area contributed by atoms with E-state index in [1.54, 1.807) is 0 Å². The van der Waals surface area contributed by atoms with Gasteiger partial charge in [0, 0.05) is 26.3 Å². The molecule has 0 aliphatic rings. The molecular formula is C12H17FN2O5S. The van der Waals surface area contributed by atoms with Gasteiger partial charge in [-0.1, -0.05) is 0 Å². The van der Waals surface area contributed by atoms with Crippen LogP contribution in [0.2, 0.25) is 0 Å². The molecule has 9 heteroatoms. The molecule has 0 saturated carbocycles. The topological polar surface area (TPSA) is 101 Å². The number of nitrogens with zero attached hydrogens (tertiary/aromatic N) is 2. The van der Waals surface area contributed by atoms with E-state index in [4.69, 9.17) is 5.11 Å². The minimum absolute atomic E-state index is 0.0352. The van der Waals surface area contributed by atoms with Crippen molar-refractivity contribution in [1.29, 1.82) is 0 Å². The molecule has 0 heterocycles. The number of aliphatic hydroxyl groups excluding tert-OH is 1. The summed E-state index contributed by atoms with van der Waals surface area (Å²) in [7, 11) is -2.71. The normalized spacial score (nSPS) is 11.8. The minimum Gasteiger partial charge on any atom is -0.396 e. The Hall–Kier alpha value is -1.58. The van der Waals surface area contributed by atoms with Crippen LogP contribution in [0.4, 0.5) is 10.1 Å². The quantitative estimate of drug-likeness (QED) is 0.444. The summed E-state index contributed by atoms with van der Waals surface area (Å²) in [6, 6.07) is 2.44. The van der Waals surface area contributed by atoms with Crippen LogP contribution in [0.25, 0.3) is 0 Å². The zero-order valence-corrected chi connectivity index (χ0v) is 12.3. The Labute approximate surface area is 122 Å². The molecule has 0 spiro atoms. The van der Waals surface area contributed by atoms with Crippen molar-refractivity contribution in [3.05, 3.63) is 34.1 Å². The van der Waals surface area contributed by atoms with Gasteiger partial charge in [-0.2, -0.15) is 0 Å². The van der Waals surface area contributed by atoms with E-state index in [0.717, 1.165) is 16.4 Å². The number of aliphatic hydroxyl groups is 1. The smallest absolute Gasteiger partial charge is 0.272 e. The van der Waals surface area contributed by atoms with Crippen molar-refractivity contribution in [2.24, 2.45) is 0 Å². The number of unbranched alkanes of at least 4 members (excludes halogenated alkanes) is 2. The van der Waals surface area contributed by atoms with Gasteiger partial charge in [-0.05, 0) is 25.3 Å². The third-order valence-electron chi connectivity index (χ3n) is 2.95. The van der Waals surface area contributed by atoms with E-state index in [0.29, 0.717) is 25.3 Å². The first kappa shape index (κ1) is 17.5. The van der Waals surface area contributed by atoms with Crippen LogP contribution < -0.4 is 0 Å². The van der Waals surface area contributed by atoms with Gasteiger partial charge in [0.15, 0.2) is 0 Å². The van der Waals surface area contributed by atoms with Crippen molar-refractivity contribution in [2.45, 2.75) is 24.2 Å². The summed E-state index contributed by atoms with van der Waals surface area (Å²) in [4.78, 5) is 9.13. The molecule has 21 heavy (non-hydrogen) atoms. The predicted molar refractivity (Wildman–Crippen MR) is 73.8 cm³/mol. The van der Waals surface area contributed by atoms with Crippen LogP contribution in [0.15, 0.2) is 23.1 Å². The first-order chi connectivity index (χ1) is 9.80. The van der Waals surface area contributed by atoms with Crippen molar-refractivity contribution < 1.29 is 22.8 Å². The summed E-state index contributed by atoms with van der Waals surface area (Å²) in [5.41, 5.74) is -0.503. The lowest BCUT2D eigenvalue weighted by molar-refractivity contribution is -0.385. The fraction of sp³-hybridized carbons (Fsp3) is 0.500. The number of halogens is 1. The Morgan fingerprint density at radius 2 is 2.00 bits per heavy atom. The molecule has 1 aromatic carbocycles. The summed E-state index contributed by atoms with van der Waals surface area (Å²) >= 11 is 0. The molecule has 0 saturated heterocycles. The summed E-state index contributed by atoms with van der Waals surface area (Å²) < 4.78 is 39.1. The van der Waals surface area contributed by atoms with Crippen LogP contribution in [0.1, 0.15) is 19.3 Å². The van der Waals surface area contributed by atoms with E-state index in [9.17, 15) is 22.9 Å². The van der Waals surface area contributed by atoms with Crippen molar-refractivity contribution >= 4 is 15.7 Å². The predicted octanol–water partition coefficient (Wildman–Crippen LogP) is 1.52. The van der Waals surface area contributed by atoms with Gasteiger partial charge < -0.3 is 5.11 Å². The second-order valence-electron chi connectivity index (χ2n) is 4.48. The average molecular weight is 320 g/mol. The molecule has 1 rings (SSSR count). The second-order valence-corrected chi connectivity index (χ2v) is 6.50. The van der Waals surface area contributed by atoms with E-state index < -0.39 is 31.3 Å². The largest absolute Gasteiger partial charge is 0.396 e. The van der Waals surface area contributed by atoms with Gasteiger partial charge in [0.05, 0.1) is 11.0 Å². The van der Waals surface area contributed by atoms with E-state index in [1.807, 2.05) is 0 Å². The number of hydrogen-bond acceptors (Lipinski definition) is 5. The lowest BCUT2D eigenvalue weighted by Crippen LogP contribution is -2.28. The molecule has 0 fully saturated rings. The Balaban J connectivity index is 2.89. The molecule has 0 bridgehead atoms. The average Bonchev–Trinajstić information content (AvgIpc) is 2.42. The molecule has 0 aliphatic heterocycles. The summed E-state index contributed by atoms with van der Waals surface area (Å²) in [5, 5.41) is 19.1. The van der Waals surface area contributed by atoms with E-state index in [1.165, 1.54) is 7.05 Å². The maximum atomic E-state index is 13.8. The van der Waals surface area contributed by atoms with Crippen molar-refractivity contribution in [2.75, 3.05) is 20.2 Å². The number of hydrogen-bond donors (Lipinski definition) is 1. The first-order valence-corrected chi connectivity index (χ1v) is 7.76. The summed E-state index contributed by atoms with van der Waals surface area (Å²) in [6.07, 6.45) is 1.75. The van der Waals surface area contributed by atoms with Gasteiger partial charge in [0.2, 0.25) is 10.0 Å². The monoisotopic (exact) mass is 320 g/mol. The number of benzene rings is 1. The fourth-order valence-electron chi connectivity index (χ4n) is 1.72. The van der Waals surface area contributed by atoms with Crippen LogP contribution in [0.5, 0.6) is 0 Å². The fourth-order valence-corrected chi connectivity index (χ4v) is 2.97. The van der Waals surface area contributed by atoms with Gasteiger partial charge in [-0.3, -0.25) is 10.1 Å². The van der Waals surface area contributed by atoms with Crippen molar-refractivity contribution in [1.82, 2.24) is 4.31 Å². The Bertz CT molecular complexity index is 606. The maximum Gasteiger partial charge on any atom is 0.272 e. The Kier molecular flexibility index (Phi) is 6.19. The third kappa shape index (κ3) is 4.45. The van der Waals surface area contributed by atoms with E-state index >= 15 is 0 Å². The van der Waals surface area contributed by atoms with Crippen LogP contribution in [0, 0.1) is 15.9 Å². The second kappa shape index (κ2) is 7.43. The SMILES string of the molecule is CN(CCCCCO)S(=O)(=O)c1ccc([N+](=O)[O-])cc1F. The van der Waals surface area contributed by atoms with Crippen LogP contribution >= 0.6 is 0 Å². The number of nitro groups is 1. The van der Waals surface area contributed by atoms with Crippen LogP contribution in [0.3, 0.4) is 0 Å². The lowest BCUT2D eigenvalue weighted by atomic mass is 10.2. The van der Waals surface area contributed by atoms with Crippen LogP contribution in [-0.2, 0) is 10.0 Å². The Morgan fingerprint density at radius 3 is 2.52 bits per heavy atom. The third-order valence-corrected chi connectivity index (χ3v) is 4.84. The maximum absolute atomic E-state index is 13.8. The van der Waals surface area contributed by atoms with Crippen molar-refractivity contribution in [3.8, 4) is 0 Å².